The van der Waals surface area contributed by atoms with Crippen molar-refractivity contribution in [1.29, 1.82) is 0 Å². The number of ketones is 1. The van der Waals surface area contributed by atoms with E-state index in [0.717, 1.165) is 38.5 Å². The first-order valence-corrected chi connectivity index (χ1v) is 11.8. The molecule has 0 unspecified atom stereocenters. The molecule has 1 aromatic heterocycles. The smallest absolute Gasteiger partial charge is 0.417 e. The number of aromatic nitrogens is 1. The van der Waals surface area contributed by atoms with E-state index < -0.39 is 11.8 Å². The Balaban J connectivity index is 1.30. The second-order valence-electron chi connectivity index (χ2n) is 11.0. The second kappa shape index (κ2) is 7.32. The highest BCUT2D eigenvalue weighted by Gasteiger charge is 2.62. The third-order valence-corrected chi connectivity index (χ3v) is 9.74. The molecule has 0 spiro atoms. The lowest BCUT2D eigenvalue weighted by Crippen LogP contribution is -2.55. The molecule has 0 radical (unpaired) electrons. The number of fused-ring (bicyclic) bond motifs is 5. The minimum Gasteiger partial charge on any atom is -0.449 e. The minimum absolute atomic E-state index is 0.0183. The van der Waals surface area contributed by atoms with Crippen molar-refractivity contribution in [1.82, 2.24) is 4.98 Å². The molecule has 4 aliphatic rings. The summed E-state index contributed by atoms with van der Waals surface area (Å²) in [5.74, 6) is 2.37. The topological polar surface area (TPSA) is 63.3 Å². The average molecular weight is 440 g/mol. The average Bonchev–Trinajstić information content (AvgIpc) is 3.33. The molecule has 5 rings (SSSR count). The number of carbonyl (C=O) groups is 1. The van der Waals surface area contributed by atoms with E-state index >= 15 is 0 Å². The Kier molecular flexibility index (Phi) is 5.07. The number of aliphatic hydroxyl groups is 1. The maximum Gasteiger partial charge on any atom is 0.417 e. The zero-order valence-corrected chi connectivity index (χ0v) is 18.0. The van der Waals surface area contributed by atoms with E-state index in [2.05, 4.69) is 11.9 Å². The summed E-state index contributed by atoms with van der Waals surface area (Å²) in [7, 11) is 0. The molecule has 172 valence electrons. The molecule has 4 saturated carbocycles. The lowest BCUT2D eigenvalue weighted by atomic mass is 9.48. The number of nitrogens with zero attached hydrogens (tertiary/aromatic N) is 1. The van der Waals surface area contributed by atoms with E-state index in [1.165, 1.54) is 6.26 Å². The largest absolute Gasteiger partial charge is 0.449 e. The zero-order chi connectivity index (χ0) is 22.0. The SMILES string of the molecule is C[C@]12CC[C@H]3[C@@H](CC[C@@H]4C[C@@](O)(C(F)(F)F)CC[C@@H]43)[C@@H]1CC[C@@H]2C(=O)Cc1ncco1. The van der Waals surface area contributed by atoms with E-state index in [0.29, 0.717) is 30.1 Å². The van der Waals surface area contributed by atoms with Crippen LogP contribution in [0.3, 0.4) is 0 Å². The quantitative estimate of drug-likeness (QED) is 0.690. The third-order valence-electron chi connectivity index (χ3n) is 9.74. The third kappa shape index (κ3) is 3.37. The number of carbonyl (C=O) groups excluding carboxylic acids is 1. The van der Waals surface area contributed by atoms with E-state index in [-0.39, 0.29) is 48.2 Å². The predicted octanol–water partition coefficient (Wildman–Crippen LogP) is 5.35. The molecule has 0 aromatic carbocycles. The van der Waals surface area contributed by atoms with E-state index in [1.54, 1.807) is 6.20 Å². The molecule has 1 aromatic rings. The number of Topliss-reactive ketones (excluding diaryl/α,β-unsaturated/α-hetero) is 1. The molecule has 0 aliphatic heterocycles. The van der Waals surface area contributed by atoms with Gasteiger partial charge in [-0.2, -0.15) is 13.2 Å². The van der Waals surface area contributed by atoms with Gasteiger partial charge in [0.15, 0.2) is 5.60 Å². The summed E-state index contributed by atoms with van der Waals surface area (Å²) in [5.41, 5.74) is -2.53. The Morgan fingerprint density at radius 2 is 1.90 bits per heavy atom. The van der Waals surface area contributed by atoms with Crippen molar-refractivity contribution in [3.05, 3.63) is 18.4 Å². The highest BCUT2D eigenvalue weighted by molar-refractivity contribution is 5.83. The Bertz CT molecular complexity index is 825. The first-order valence-electron chi connectivity index (χ1n) is 11.8. The first-order chi connectivity index (χ1) is 14.6. The molecule has 0 bridgehead atoms. The maximum absolute atomic E-state index is 13.4. The van der Waals surface area contributed by atoms with Crippen molar-refractivity contribution in [2.75, 3.05) is 0 Å². The van der Waals surface area contributed by atoms with Gasteiger partial charge in [-0.25, -0.2) is 4.98 Å². The van der Waals surface area contributed by atoms with Gasteiger partial charge < -0.3 is 9.52 Å². The van der Waals surface area contributed by atoms with Gasteiger partial charge in [0.2, 0.25) is 5.89 Å². The summed E-state index contributed by atoms with van der Waals surface area (Å²) < 4.78 is 45.5. The van der Waals surface area contributed by atoms with Crippen molar-refractivity contribution < 1.29 is 27.5 Å². The van der Waals surface area contributed by atoms with Gasteiger partial charge >= 0.3 is 6.18 Å². The van der Waals surface area contributed by atoms with Crippen LogP contribution in [-0.2, 0) is 11.2 Å². The summed E-state index contributed by atoms with van der Waals surface area (Å²) >= 11 is 0. The number of oxazole rings is 1. The van der Waals surface area contributed by atoms with Crippen LogP contribution < -0.4 is 0 Å². The second-order valence-corrected chi connectivity index (χ2v) is 11.0. The van der Waals surface area contributed by atoms with Crippen LogP contribution in [0.4, 0.5) is 13.2 Å². The van der Waals surface area contributed by atoms with Crippen molar-refractivity contribution >= 4 is 5.78 Å². The fraction of sp³-hybridized carbons (Fsp3) is 0.833. The molecule has 7 heteroatoms. The summed E-state index contributed by atoms with van der Waals surface area (Å²) in [6.45, 7) is 2.27. The van der Waals surface area contributed by atoms with Crippen LogP contribution in [0.2, 0.25) is 0 Å². The number of hydrogen-bond donors (Lipinski definition) is 1. The van der Waals surface area contributed by atoms with Crippen molar-refractivity contribution in [2.45, 2.75) is 82.9 Å². The van der Waals surface area contributed by atoms with Gasteiger partial charge in [0.25, 0.3) is 0 Å². The van der Waals surface area contributed by atoms with Crippen LogP contribution in [-0.4, -0.2) is 27.7 Å². The van der Waals surface area contributed by atoms with Crippen LogP contribution in [0.15, 0.2) is 16.9 Å². The minimum atomic E-state index is -4.54. The Hall–Kier alpha value is -1.37. The molecule has 0 amide bonds. The van der Waals surface area contributed by atoms with Gasteiger partial charge in [0.1, 0.15) is 12.0 Å². The Labute approximate surface area is 181 Å². The molecule has 0 saturated heterocycles. The molecule has 1 N–H and O–H groups in total. The van der Waals surface area contributed by atoms with Crippen molar-refractivity contribution in [3.8, 4) is 0 Å². The lowest BCUT2D eigenvalue weighted by Gasteiger charge is -2.57. The Morgan fingerprint density at radius 1 is 1.13 bits per heavy atom. The number of halogens is 3. The number of hydrogen-bond acceptors (Lipinski definition) is 4. The Morgan fingerprint density at radius 3 is 2.61 bits per heavy atom. The summed E-state index contributed by atoms with van der Waals surface area (Å²) in [6, 6.07) is 0. The predicted molar refractivity (Wildman–Crippen MR) is 107 cm³/mol. The number of rotatable bonds is 3. The van der Waals surface area contributed by atoms with Crippen LogP contribution in [0, 0.1) is 40.9 Å². The highest BCUT2D eigenvalue weighted by Crippen LogP contribution is 2.65. The van der Waals surface area contributed by atoms with E-state index in [9.17, 15) is 23.1 Å². The first kappa shape index (κ1) is 21.5. The van der Waals surface area contributed by atoms with Crippen LogP contribution in [0.25, 0.3) is 0 Å². The van der Waals surface area contributed by atoms with Gasteiger partial charge in [-0.3, -0.25) is 4.79 Å². The molecule has 4 fully saturated rings. The van der Waals surface area contributed by atoms with Crippen LogP contribution >= 0.6 is 0 Å². The zero-order valence-electron chi connectivity index (χ0n) is 18.0. The van der Waals surface area contributed by atoms with Crippen molar-refractivity contribution in [3.63, 3.8) is 0 Å². The van der Waals surface area contributed by atoms with Crippen LogP contribution in [0.1, 0.15) is 70.6 Å². The molecular weight excluding hydrogens is 407 g/mol. The fourth-order valence-corrected chi connectivity index (χ4v) is 8.28. The van der Waals surface area contributed by atoms with E-state index in [1.807, 2.05) is 0 Å². The molecule has 4 aliphatic carbocycles. The normalized spacial score (nSPS) is 44.9. The summed E-state index contributed by atoms with van der Waals surface area (Å²) in [5, 5.41) is 10.3. The monoisotopic (exact) mass is 439 g/mol. The van der Waals surface area contributed by atoms with Gasteiger partial charge in [0.05, 0.1) is 12.6 Å². The standard InChI is InChI=1S/C24H32F3NO3/c1-22-8-6-16-15-7-9-23(30,24(25,26)27)13-14(15)2-3-17(16)18(22)4-5-19(22)20(29)12-21-28-10-11-31-21/h10-11,14-19,30H,2-9,12-13H2,1H3/t14-,15+,16-,17-,18+,19-,22+,23-/m1/s1. The number of alkyl halides is 3. The fourth-order valence-electron chi connectivity index (χ4n) is 8.28. The van der Waals surface area contributed by atoms with Gasteiger partial charge in [0, 0.05) is 5.92 Å². The van der Waals surface area contributed by atoms with Crippen LogP contribution in [0.5, 0.6) is 0 Å². The summed E-state index contributed by atoms with van der Waals surface area (Å²) in [6.07, 6.45) is 4.52. The van der Waals surface area contributed by atoms with Gasteiger partial charge in [-0.05, 0) is 92.8 Å². The van der Waals surface area contributed by atoms with Gasteiger partial charge in [-0.1, -0.05) is 6.92 Å². The summed E-state index contributed by atoms with van der Waals surface area (Å²) in [4.78, 5) is 17.2. The molecule has 31 heavy (non-hydrogen) atoms. The maximum atomic E-state index is 13.4. The lowest BCUT2D eigenvalue weighted by molar-refractivity contribution is -0.282. The molecule has 4 nitrogen and oxygen atoms in total. The van der Waals surface area contributed by atoms with E-state index in [4.69, 9.17) is 4.42 Å². The van der Waals surface area contributed by atoms with Crippen molar-refractivity contribution in [2.24, 2.45) is 40.9 Å². The van der Waals surface area contributed by atoms with Gasteiger partial charge in [-0.15, -0.1) is 0 Å². The molecule has 1 heterocycles. The highest BCUT2D eigenvalue weighted by atomic mass is 19.4. The molecular formula is C24H32F3NO3. The molecule has 8 atom stereocenters.